The molecule has 2 aliphatic rings. The summed E-state index contributed by atoms with van der Waals surface area (Å²) in [4.78, 5) is 12.4. The van der Waals surface area contributed by atoms with Crippen LogP contribution in [-0.2, 0) is 0 Å². The summed E-state index contributed by atoms with van der Waals surface area (Å²) in [5.41, 5.74) is 0.643. The molecule has 0 saturated heterocycles. The molecule has 0 radical (unpaired) electrons. The molecule has 1 aromatic carbocycles. The molecule has 1 N–H and O–H groups in total. The van der Waals surface area contributed by atoms with Gasteiger partial charge in [-0.3, -0.25) is 4.79 Å². The van der Waals surface area contributed by atoms with Gasteiger partial charge in [-0.1, -0.05) is 26.7 Å². The first-order valence-electron chi connectivity index (χ1n) is 7.85. The maximum absolute atomic E-state index is 12.4. The third-order valence-electron chi connectivity index (χ3n) is 4.83. The van der Waals surface area contributed by atoms with E-state index >= 15 is 0 Å². The second-order valence-corrected chi connectivity index (χ2v) is 6.21. The SMILES string of the molecule is C[C@H]1[C@@H](NC(=O)c2ccc3c(c2)OCCO3)CCC[C@@H]1C. The largest absolute Gasteiger partial charge is 0.486 e. The summed E-state index contributed by atoms with van der Waals surface area (Å²) in [6.45, 7) is 5.61. The number of fused-ring (bicyclic) bond motifs is 1. The first-order valence-corrected chi connectivity index (χ1v) is 7.85. The number of rotatable bonds is 2. The highest BCUT2D eigenvalue weighted by atomic mass is 16.6. The van der Waals surface area contributed by atoms with Crippen molar-refractivity contribution in [1.82, 2.24) is 5.32 Å². The van der Waals surface area contributed by atoms with Gasteiger partial charge >= 0.3 is 0 Å². The maximum atomic E-state index is 12.4. The Hall–Kier alpha value is -1.71. The van der Waals surface area contributed by atoms with E-state index in [1.165, 1.54) is 12.8 Å². The lowest BCUT2D eigenvalue weighted by Gasteiger charge is -2.34. The van der Waals surface area contributed by atoms with Crippen molar-refractivity contribution in [3.05, 3.63) is 23.8 Å². The Morgan fingerprint density at radius 1 is 1.14 bits per heavy atom. The number of amides is 1. The van der Waals surface area contributed by atoms with Gasteiger partial charge in [-0.05, 0) is 36.5 Å². The molecule has 0 spiro atoms. The van der Waals surface area contributed by atoms with E-state index in [1.54, 1.807) is 12.1 Å². The van der Waals surface area contributed by atoms with Gasteiger partial charge in [0.05, 0.1) is 0 Å². The summed E-state index contributed by atoms with van der Waals surface area (Å²) in [6, 6.07) is 5.67. The second kappa shape index (κ2) is 5.96. The molecule has 1 aliphatic heterocycles. The molecule has 0 aromatic heterocycles. The van der Waals surface area contributed by atoms with Gasteiger partial charge in [0.2, 0.25) is 0 Å². The van der Waals surface area contributed by atoms with Crippen LogP contribution in [0.15, 0.2) is 18.2 Å². The Kier molecular flexibility index (Phi) is 4.04. The normalized spacial score (nSPS) is 28.0. The zero-order valence-electron chi connectivity index (χ0n) is 12.7. The maximum Gasteiger partial charge on any atom is 0.251 e. The van der Waals surface area contributed by atoms with Crippen molar-refractivity contribution in [2.24, 2.45) is 11.8 Å². The van der Waals surface area contributed by atoms with Crippen molar-refractivity contribution < 1.29 is 14.3 Å². The van der Waals surface area contributed by atoms with Crippen LogP contribution in [0, 0.1) is 11.8 Å². The third-order valence-corrected chi connectivity index (χ3v) is 4.83. The van der Waals surface area contributed by atoms with E-state index in [1.807, 2.05) is 6.07 Å². The van der Waals surface area contributed by atoms with Crippen LogP contribution >= 0.6 is 0 Å². The molecule has 3 rings (SSSR count). The molecule has 0 bridgehead atoms. The van der Waals surface area contributed by atoms with Crippen LogP contribution in [0.25, 0.3) is 0 Å². The fourth-order valence-corrected chi connectivity index (χ4v) is 3.22. The van der Waals surface area contributed by atoms with Gasteiger partial charge < -0.3 is 14.8 Å². The van der Waals surface area contributed by atoms with Crippen molar-refractivity contribution in [3.8, 4) is 11.5 Å². The summed E-state index contributed by atoms with van der Waals surface area (Å²) in [7, 11) is 0. The van der Waals surface area contributed by atoms with Gasteiger partial charge in [-0.25, -0.2) is 0 Å². The molecular weight excluding hydrogens is 266 g/mol. The zero-order valence-corrected chi connectivity index (χ0v) is 12.7. The Morgan fingerprint density at radius 2 is 1.90 bits per heavy atom. The highest BCUT2D eigenvalue weighted by Crippen LogP contribution is 2.32. The van der Waals surface area contributed by atoms with Gasteiger partial charge in [0.1, 0.15) is 13.2 Å². The number of hydrogen-bond donors (Lipinski definition) is 1. The van der Waals surface area contributed by atoms with Crippen molar-refractivity contribution in [2.75, 3.05) is 13.2 Å². The van der Waals surface area contributed by atoms with Crippen LogP contribution in [0.2, 0.25) is 0 Å². The molecule has 4 nitrogen and oxygen atoms in total. The molecule has 1 amide bonds. The Labute approximate surface area is 125 Å². The van der Waals surface area contributed by atoms with E-state index in [0.717, 1.165) is 12.2 Å². The highest BCUT2D eigenvalue weighted by molar-refractivity contribution is 5.95. The number of benzene rings is 1. The average Bonchev–Trinajstić information content (AvgIpc) is 2.51. The van der Waals surface area contributed by atoms with E-state index in [4.69, 9.17) is 9.47 Å². The van der Waals surface area contributed by atoms with Gasteiger partial charge in [0.15, 0.2) is 11.5 Å². The van der Waals surface area contributed by atoms with E-state index in [9.17, 15) is 4.79 Å². The van der Waals surface area contributed by atoms with Crippen LogP contribution in [-0.4, -0.2) is 25.2 Å². The summed E-state index contributed by atoms with van der Waals surface area (Å²) in [6.07, 6.45) is 3.52. The van der Waals surface area contributed by atoms with Crippen LogP contribution in [0.5, 0.6) is 11.5 Å². The summed E-state index contributed by atoms with van der Waals surface area (Å²) >= 11 is 0. The summed E-state index contributed by atoms with van der Waals surface area (Å²) in [5.74, 6) is 2.57. The predicted molar refractivity (Wildman–Crippen MR) is 80.9 cm³/mol. The van der Waals surface area contributed by atoms with Gasteiger partial charge in [-0.2, -0.15) is 0 Å². The van der Waals surface area contributed by atoms with Crippen LogP contribution in [0.1, 0.15) is 43.5 Å². The van der Waals surface area contributed by atoms with E-state index in [-0.39, 0.29) is 11.9 Å². The molecule has 1 heterocycles. The quantitative estimate of drug-likeness (QED) is 0.910. The van der Waals surface area contributed by atoms with E-state index in [2.05, 4.69) is 19.2 Å². The van der Waals surface area contributed by atoms with Crippen molar-refractivity contribution in [2.45, 2.75) is 39.2 Å². The number of hydrogen-bond acceptors (Lipinski definition) is 3. The molecule has 0 unspecified atom stereocenters. The summed E-state index contributed by atoms with van der Waals surface area (Å²) in [5, 5.41) is 3.19. The summed E-state index contributed by atoms with van der Waals surface area (Å²) < 4.78 is 11.0. The van der Waals surface area contributed by atoms with E-state index < -0.39 is 0 Å². The Bertz CT molecular complexity index is 529. The van der Waals surface area contributed by atoms with Crippen LogP contribution in [0.3, 0.4) is 0 Å². The van der Waals surface area contributed by atoms with Crippen molar-refractivity contribution >= 4 is 5.91 Å². The fourth-order valence-electron chi connectivity index (χ4n) is 3.22. The van der Waals surface area contributed by atoms with E-state index in [0.29, 0.717) is 36.4 Å². The number of ether oxygens (including phenoxy) is 2. The minimum absolute atomic E-state index is 0.0158. The highest BCUT2D eigenvalue weighted by Gasteiger charge is 2.28. The topological polar surface area (TPSA) is 47.6 Å². The Balaban J connectivity index is 1.70. The van der Waals surface area contributed by atoms with Gasteiger partial charge in [-0.15, -0.1) is 0 Å². The molecule has 1 aromatic rings. The Morgan fingerprint density at radius 3 is 2.71 bits per heavy atom. The predicted octanol–water partition coefficient (Wildman–Crippen LogP) is 3.01. The van der Waals surface area contributed by atoms with Crippen molar-refractivity contribution in [1.29, 1.82) is 0 Å². The standard InChI is InChI=1S/C17H23NO3/c1-11-4-3-5-14(12(11)2)18-17(19)13-6-7-15-16(10-13)21-9-8-20-15/h6-7,10-12,14H,3-5,8-9H2,1-2H3,(H,18,19)/t11-,12+,14-/m0/s1. The fraction of sp³-hybridized carbons (Fsp3) is 0.588. The zero-order chi connectivity index (χ0) is 14.8. The lowest BCUT2D eigenvalue weighted by molar-refractivity contribution is 0.0890. The number of nitrogens with one attached hydrogen (secondary N) is 1. The minimum Gasteiger partial charge on any atom is -0.486 e. The number of carbonyl (C=O) groups is 1. The minimum atomic E-state index is -0.0158. The van der Waals surface area contributed by atoms with Crippen LogP contribution in [0.4, 0.5) is 0 Å². The molecule has 3 atom stereocenters. The lowest BCUT2D eigenvalue weighted by Crippen LogP contribution is -2.43. The first kappa shape index (κ1) is 14.2. The molecule has 1 aliphatic carbocycles. The van der Waals surface area contributed by atoms with Gasteiger partial charge in [0.25, 0.3) is 5.91 Å². The van der Waals surface area contributed by atoms with Crippen molar-refractivity contribution in [3.63, 3.8) is 0 Å². The third kappa shape index (κ3) is 2.99. The monoisotopic (exact) mass is 289 g/mol. The van der Waals surface area contributed by atoms with Crippen LogP contribution < -0.4 is 14.8 Å². The molecule has 21 heavy (non-hydrogen) atoms. The first-order chi connectivity index (χ1) is 10.1. The lowest BCUT2D eigenvalue weighted by atomic mass is 9.78. The molecule has 114 valence electrons. The second-order valence-electron chi connectivity index (χ2n) is 6.21. The smallest absolute Gasteiger partial charge is 0.251 e. The molecule has 1 saturated carbocycles. The van der Waals surface area contributed by atoms with Gasteiger partial charge in [0, 0.05) is 11.6 Å². The molecule has 4 heteroatoms. The number of carbonyl (C=O) groups excluding carboxylic acids is 1. The molecule has 1 fully saturated rings. The molecular formula is C17H23NO3. The average molecular weight is 289 g/mol.